The van der Waals surface area contributed by atoms with E-state index in [0.717, 1.165) is 30.0 Å². The third-order valence-corrected chi connectivity index (χ3v) is 3.63. The zero-order valence-corrected chi connectivity index (χ0v) is 11.5. The Balaban J connectivity index is 2.12. The second-order valence-electron chi connectivity index (χ2n) is 4.91. The van der Waals surface area contributed by atoms with Crippen LogP contribution in [-0.4, -0.2) is 13.0 Å². The van der Waals surface area contributed by atoms with Crippen LogP contribution in [0.4, 0.5) is 11.4 Å². The number of aryl methyl sites for hydroxylation is 1. The molecule has 2 aromatic rings. The zero-order valence-electron chi connectivity index (χ0n) is 11.5. The lowest BCUT2D eigenvalue weighted by atomic mass is 10.1. The summed E-state index contributed by atoms with van der Waals surface area (Å²) in [6, 6.07) is 15.7. The number of methoxy groups -OCH3 is 1. The van der Waals surface area contributed by atoms with Crippen molar-refractivity contribution in [1.82, 2.24) is 0 Å². The van der Waals surface area contributed by atoms with Gasteiger partial charge >= 0.3 is 0 Å². The molecule has 1 aliphatic rings. The molecule has 1 amide bonds. The molecule has 0 saturated carbocycles. The van der Waals surface area contributed by atoms with Gasteiger partial charge in [0.1, 0.15) is 5.75 Å². The highest BCUT2D eigenvalue weighted by atomic mass is 16.5. The molecule has 3 heteroatoms. The number of nitrogens with zero attached hydrogens (tertiary/aromatic N) is 1. The van der Waals surface area contributed by atoms with E-state index < -0.39 is 0 Å². The molecule has 0 spiro atoms. The fourth-order valence-electron chi connectivity index (χ4n) is 2.64. The predicted octanol–water partition coefficient (Wildman–Crippen LogP) is 3.70. The third-order valence-electron chi connectivity index (χ3n) is 3.63. The van der Waals surface area contributed by atoms with E-state index in [1.807, 2.05) is 53.4 Å². The first-order valence-corrected chi connectivity index (χ1v) is 6.84. The number of rotatable bonds is 2. The summed E-state index contributed by atoms with van der Waals surface area (Å²) in [6.07, 6.45) is 2.36. The molecule has 20 heavy (non-hydrogen) atoms. The van der Waals surface area contributed by atoms with E-state index >= 15 is 0 Å². The minimum Gasteiger partial charge on any atom is -0.497 e. The van der Waals surface area contributed by atoms with E-state index in [1.165, 1.54) is 5.56 Å². The van der Waals surface area contributed by atoms with Gasteiger partial charge < -0.3 is 4.74 Å². The van der Waals surface area contributed by atoms with Crippen molar-refractivity contribution in [2.75, 3.05) is 12.0 Å². The molecule has 1 aliphatic heterocycles. The van der Waals surface area contributed by atoms with Gasteiger partial charge in [-0.1, -0.05) is 18.2 Å². The molecule has 0 atom stereocenters. The Bertz CT molecular complexity index is 622. The molecule has 2 aromatic carbocycles. The van der Waals surface area contributed by atoms with Gasteiger partial charge in [0.05, 0.1) is 12.8 Å². The molecular weight excluding hydrogens is 250 g/mol. The number of anilines is 2. The Kier molecular flexibility index (Phi) is 3.42. The number of hydrogen-bond acceptors (Lipinski definition) is 2. The number of fused-ring (bicyclic) bond motifs is 1. The number of amides is 1. The minimum absolute atomic E-state index is 0.153. The predicted molar refractivity (Wildman–Crippen MR) is 79.5 cm³/mol. The van der Waals surface area contributed by atoms with Gasteiger partial charge in [0, 0.05) is 12.1 Å². The molecule has 0 aliphatic carbocycles. The number of hydrogen-bond donors (Lipinski definition) is 0. The van der Waals surface area contributed by atoms with E-state index in [0.29, 0.717) is 6.42 Å². The van der Waals surface area contributed by atoms with Crippen molar-refractivity contribution < 1.29 is 9.53 Å². The van der Waals surface area contributed by atoms with Crippen LogP contribution in [0, 0.1) is 0 Å². The quantitative estimate of drug-likeness (QED) is 0.830. The smallest absolute Gasteiger partial charge is 0.231 e. The van der Waals surface area contributed by atoms with Crippen LogP contribution in [0.25, 0.3) is 0 Å². The molecular formula is C17H17NO2. The lowest BCUT2D eigenvalue weighted by Gasteiger charge is -2.23. The van der Waals surface area contributed by atoms with E-state index in [1.54, 1.807) is 7.11 Å². The number of benzene rings is 2. The number of carbonyl (C=O) groups excluding carboxylic acids is 1. The van der Waals surface area contributed by atoms with Gasteiger partial charge in [-0.05, 0) is 48.7 Å². The minimum atomic E-state index is 0.153. The Morgan fingerprint density at radius 2 is 1.85 bits per heavy atom. The molecule has 0 unspecified atom stereocenters. The monoisotopic (exact) mass is 267 g/mol. The first kappa shape index (κ1) is 12.7. The van der Waals surface area contributed by atoms with Gasteiger partial charge in [-0.15, -0.1) is 0 Å². The van der Waals surface area contributed by atoms with E-state index in [-0.39, 0.29) is 5.91 Å². The van der Waals surface area contributed by atoms with E-state index in [9.17, 15) is 4.79 Å². The second kappa shape index (κ2) is 5.37. The summed E-state index contributed by atoms with van der Waals surface area (Å²) in [7, 11) is 1.67. The largest absolute Gasteiger partial charge is 0.497 e. The van der Waals surface area contributed by atoms with Crippen LogP contribution in [0.15, 0.2) is 48.5 Å². The van der Waals surface area contributed by atoms with E-state index in [4.69, 9.17) is 4.74 Å². The van der Waals surface area contributed by atoms with Crippen LogP contribution in [-0.2, 0) is 11.2 Å². The number of ether oxygens (including phenoxy) is 1. The highest BCUT2D eigenvalue weighted by Crippen LogP contribution is 2.35. The Hall–Kier alpha value is -2.29. The molecule has 0 N–H and O–H groups in total. The normalized spacial score (nSPS) is 14.7. The van der Waals surface area contributed by atoms with Crippen molar-refractivity contribution in [1.29, 1.82) is 0 Å². The van der Waals surface area contributed by atoms with Crippen molar-refractivity contribution >= 4 is 17.3 Å². The van der Waals surface area contributed by atoms with Gasteiger partial charge in [0.25, 0.3) is 0 Å². The first-order chi connectivity index (χ1) is 9.79. The topological polar surface area (TPSA) is 29.5 Å². The zero-order chi connectivity index (χ0) is 13.9. The van der Waals surface area contributed by atoms with Crippen molar-refractivity contribution in [2.24, 2.45) is 0 Å². The molecule has 0 aromatic heterocycles. The fourth-order valence-corrected chi connectivity index (χ4v) is 2.64. The van der Waals surface area contributed by atoms with Crippen molar-refractivity contribution in [3.8, 4) is 5.75 Å². The maximum absolute atomic E-state index is 12.4. The second-order valence-corrected chi connectivity index (χ2v) is 4.91. The Labute approximate surface area is 118 Å². The van der Waals surface area contributed by atoms with Gasteiger partial charge in [-0.2, -0.15) is 0 Å². The average molecular weight is 267 g/mol. The first-order valence-electron chi connectivity index (χ1n) is 6.84. The molecule has 102 valence electrons. The van der Waals surface area contributed by atoms with Crippen LogP contribution < -0.4 is 9.64 Å². The molecule has 0 radical (unpaired) electrons. The summed E-state index contributed by atoms with van der Waals surface area (Å²) >= 11 is 0. The maximum atomic E-state index is 12.4. The van der Waals surface area contributed by atoms with Gasteiger partial charge in [0.2, 0.25) is 5.91 Å². The van der Waals surface area contributed by atoms with Gasteiger partial charge in [-0.3, -0.25) is 9.69 Å². The Morgan fingerprint density at radius 3 is 2.60 bits per heavy atom. The van der Waals surface area contributed by atoms with Crippen LogP contribution in [0.3, 0.4) is 0 Å². The van der Waals surface area contributed by atoms with Crippen molar-refractivity contribution in [3.63, 3.8) is 0 Å². The summed E-state index contributed by atoms with van der Waals surface area (Å²) in [5, 5.41) is 0. The average Bonchev–Trinajstić information content (AvgIpc) is 2.65. The highest BCUT2D eigenvalue weighted by Gasteiger charge is 2.23. The lowest BCUT2D eigenvalue weighted by molar-refractivity contribution is -0.117. The van der Waals surface area contributed by atoms with Crippen LogP contribution in [0.1, 0.15) is 18.4 Å². The van der Waals surface area contributed by atoms with Crippen molar-refractivity contribution in [2.45, 2.75) is 19.3 Å². The number of para-hydroxylation sites is 1. The van der Waals surface area contributed by atoms with Crippen LogP contribution in [0.5, 0.6) is 5.75 Å². The van der Waals surface area contributed by atoms with Gasteiger partial charge in [0.15, 0.2) is 0 Å². The number of carbonyl (C=O) groups is 1. The van der Waals surface area contributed by atoms with Crippen LogP contribution in [0.2, 0.25) is 0 Å². The van der Waals surface area contributed by atoms with Crippen LogP contribution >= 0.6 is 0 Å². The standard InChI is InChI=1S/C17H17NO2/c1-20-15-10-11-16-13(12-15)6-5-9-17(19)18(16)14-7-3-2-4-8-14/h2-4,7-8,10-12H,5-6,9H2,1H3. The molecule has 0 bridgehead atoms. The van der Waals surface area contributed by atoms with Crippen molar-refractivity contribution in [3.05, 3.63) is 54.1 Å². The molecule has 0 saturated heterocycles. The molecule has 1 heterocycles. The lowest BCUT2D eigenvalue weighted by Crippen LogP contribution is -2.24. The summed E-state index contributed by atoms with van der Waals surface area (Å²) < 4.78 is 5.29. The Morgan fingerprint density at radius 1 is 1.05 bits per heavy atom. The fraction of sp³-hybridized carbons (Fsp3) is 0.235. The van der Waals surface area contributed by atoms with Gasteiger partial charge in [-0.25, -0.2) is 0 Å². The summed E-state index contributed by atoms with van der Waals surface area (Å²) in [5.74, 6) is 0.992. The summed E-state index contributed by atoms with van der Waals surface area (Å²) in [6.45, 7) is 0. The van der Waals surface area contributed by atoms with E-state index in [2.05, 4.69) is 0 Å². The SMILES string of the molecule is COc1ccc2c(c1)CCCC(=O)N2c1ccccc1. The molecule has 0 fully saturated rings. The highest BCUT2D eigenvalue weighted by molar-refractivity contribution is 6.01. The third kappa shape index (κ3) is 2.27. The molecule has 3 rings (SSSR count). The summed E-state index contributed by atoms with van der Waals surface area (Å²) in [4.78, 5) is 14.2. The molecule has 3 nitrogen and oxygen atoms in total. The maximum Gasteiger partial charge on any atom is 0.231 e. The summed E-state index contributed by atoms with van der Waals surface area (Å²) in [5.41, 5.74) is 3.06.